The maximum Gasteiger partial charge on any atom is 0.293 e. The van der Waals surface area contributed by atoms with Crippen molar-refractivity contribution < 1.29 is 23.3 Å². The molecule has 1 aliphatic heterocycles. The van der Waals surface area contributed by atoms with E-state index >= 15 is 0 Å². The fraction of sp³-hybridized carbons (Fsp3) is 0.333. The Balaban J connectivity index is 1.77. The maximum absolute atomic E-state index is 13.4. The molecule has 164 valence electrons. The number of halogens is 2. The Morgan fingerprint density at radius 1 is 1.06 bits per heavy atom. The van der Waals surface area contributed by atoms with E-state index in [1.165, 1.54) is 31.2 Å². The van der Waals surface area contributed by atoms with Crippen LogP contribution in [0.25, 0.3) is 0 Å². The first kappa shape index (κ1) is 22.1. The summed E-state index contributed by atoms with van der Waals surface area (Å²) in [4.78, 5) is 38.6. The Morgan fingerprint density at radius 2 is 1.74 bits per heavy atom. The minimum absolute atomic E-state index is 0.0451. The van der Waals surface area contributed by atoms with Crippen LogP contribution in [-0.4, -0.2) is 47.8 Å². The number of piperazine rings is 1. The lowest BCUT2D eigenvalue weighted by Gasteiger charge is -2.35. The zero-order valence-electron chi connectivity index (χ0n) is 17.1. The summed E-state index contributed by atoms with van der Waals surface area (Å²) >= 11 is 0. The number of rotatable bonds is 5. The quantitative estimate of drug-likeness (QED) is 0.579. The van der Waals surface area contributed by atoms with Gasteiger partial charge in [0, 0.05) is 44.7 Å². The fourth-order valence-electron chi connectivity index (χ4n) is 3.49. The summed E-state index contributed by atoms with van der Waals surface area (Å²) in [6, 6.07) is 6.87. The first-order chi connectivity index (χ1) is 14.7. The zero-order chi connectivity index (χ0) is 22.7. The first-order valence-corrected chi connectivity index (χ1v) is 9.72. The first-order valence-electron chi connectivity index (χ1n) is 9.72. The highest BCUT2D eigenvalue weighted by Crippen LogP contribution is 2.30. The van der Waals surface area contributed by atoms with Gasteiger partial charge in [-0.2, -0.15) is 0 Å². The van der Waals surface area contributed by atoms with Crippen molar-refractivity contribution in [3.8, 4) is 0 Å². The van der Waals surface area contributed by atoms with Gasteiger partial charge in [-0.05, 0) is 36.8 Å². The third-order valence-electron chi connectivity index (χ3n) is 5.29. The normalized spacial score (nSPS) is 14.8. The maximum atomic E-state index is 13.4. The molecule has 0 radical (unpaired) electrons. The molecule has 0 aliphatic carbocycles. The average Bonchev–Trinajstić information content (AvgIpc) is 2.75. The highest BCUT2D eigenvalue weighted by molar-refractivity contribution is 5.96. The van der Waals surface area contributed by atoms with Gasteiger partial charge in [-0.3, -0.25) is 19.7 Å². The highest BCUT2D eigenvalue weighted by atomic mass is 19.2. The minimum atomic E-state index is -1.02. The standard InChI is InChI=1S/C21H22F2N4O4/c1-13(15-3-5-17(22)18(23)11-15)24-21(29)16-4-6-19(20(12-16)27(30)31)26-9-7-25(8-10-26)14(2)28/h3-6,11-13H,7-10H2,1-2H3,(H,24,29)/t13-/m1/s1. The SMILES string of the molecule is CC(=O)N1CCN(c2ccc(C(=O)N[C@H](C)c3ccc(F)c(F)c3)cc2[N+](=O)[O-])CC1. The van der Waals surface area contributed by atoms with Crippen LogP contribution >= 0.6 is 0 Å². The van der Waals surface area contributed by atoms with Crippen molar-refractivity contribution in [2.45, 2.75) is 19.9 Å². The smallest absolute Gasteiger partial charge is 0.293 e. The monoisotopic (exact) mass is 432 g/mol. The summed E-state index contributed by atoms with van der Waals surface area (Å²) in [5, 5.41) is 14.3. The number of hydrogen-bond donors (Lipinski definition) is 1. The summed E-state index contributed by atoms with van der Waals surface area (Å²) in [5.41, 5.74) is 0.594. The van der Waals surface area contributed by atoms with Crippen LogP contribution in [0.2, 0.25) is 0 Å². The molecule has 0 saturated carbocycles. The fourth-order valence-corrected chi connectivity index (χ4v) is 3.49. The number of nitro benzene ring substituents is 1. The van der Waals surface area contributed by atoms with E-state index in [4.69, 9.17) is 0 Å². The Kier molecular flexibility index (Phi) is 6.47. The van der Waals surface area contributed by atoms with Crippen LogP contribution < -0.4 is 10.2 Å². The van der Waals surface area contributed by atoms with E-state index in [0.29, 0.717) is 37.4 Å². The molecule has 1 fully saturated rings. The van der Waals surface area contributed by atoms with Crippen molar-refractivity contribution in [3.63, 3.8) is 0 Å². The number of benzene rings is 2. The van der Waals surface area contributed by atoms with Crippen molar-refractivity contribution in [2.24, 2.45) is 0 Å². The number of nitrogens with zero attached hydrogens (tertiary/aromatic N) is 3. The second kappa shape index (κ2) is 9.07. The van der Waals surface area contributed by atoms with Crippen LogP contribution in [0.4, 0.5) is 20.2 Å². The van der Waals surface area contributed by atoms with E-state index in [9.17, 15) is 28.5 Å². The van der Waals surface area contributed by atoms with Crippen LogP contribution in [0.1, 0.15) is 35.8 Å². The van der Waals surface area contributed by atoms with Crippen molar-refractivity contribution in [1.29, 1.82) is 0 Å². The molecule has 1 aliphatic rings. The Hall–Kier alpha value is -3.56. The second-order valence-electron chi connectivity index (χ2n) is 7.32. The van der Waals surface area contributed by atoms with E-state index in [-0.39, 0.29) is 17.2 Å². The van der Waals surface area contributed by atoms with Gasteiger partial charge in [-0.25, -0.2) is 8.78 Å². The van der Waals surface area contributed by atoms with Crippen molar-refractivity contribution in [1.82, 2.24) is 10.2 Å². The van der Waals surface area contributed by atoms with Crippen LogP contribution in [-0.2, 0) is 4.79 Å². The summed E-state index contributed by atoms with van der Waals surface area (Å²) < 4.78 is 26.6. The number of carbonyl (C=O) groups is 2. The van der Waals surface area contributed by atoms with Crippen LogP contribution in [0.5, 0.6) is 0 Å². The predicted octanol–water partition coefficient (Wildman–Crippen LogP) is 3.03. The molecule has 31 heavy (non-hydrogen) atoms. The van der Waals surface area contributed by atoms with Crippen molar-refractivity contribution in [3.05, 3.63) is 69.3 Å². The van der Waals surface area contributed by atoms with E-state index < -0.39 is 28.5 Å². The van der Waals surface area contributed by atoms with Gasteiger partial charge in [0.25, 0.3) is 11.6 Å². The molecule has 10 heteroatoms. The lowest BCUT2D eigenvalue weighted by atomic mass is 10.1. The number of carbonyl (C=O) groups excluding carboxylic acids is 2. The van der Waals surface area contributed by atoms with Gasteiger partial charge < -0.3 is 15.1 Å². The van der Waals surface area contributed by atoms with Crippen molar-refractivity contribution in [2.75, 3.05) is 31.1 Å². The molecule has 1 saturated heterocycles. The summed E-state index contributed by atoms with van der Waals surface area (Å²) in [5.74, 6) is -2.63. The Morgan fingerprint density at radius 3 is 2.32 bits per heavy atom. The molecule has 1 N–H and O–H groups in total. The topological polar surface area (TPSA) is 95.8 Å². The van der Waals surface area contributed by atoms with Gasteiger partial charge in [0.2, 0.25) is 5.91 Å². The average molecular weight is 432 g/mol. The molecule has 0 spiro atoms. The third-order valence-corrected chi connectivity index (χ3v) is 5.29. The van der Waals surface area contributed by atoms with E-state index in [1.54, 1.807) is 11.8 Å². The second-order valence-corrected chi connectivity index (χ2v) is 7.32. The van der Waals surface area contributed by atoms with Crippen LogP contribution in [0.3, 0.4) is 0 Å². The number of hydrogen-bond acceptors (Lipinski definition) is 5. The lowest BCUT2D eigenvalue weighted by Crippen LogP contribution is -2.48. The number of amides is 2. The van der Waals surface area contributed by atoms with Gasteiger partial charge in [0.05, 0.1) is 11.0 Å². The van der Waals surface area contributed by atoms with E-state index in [1.807, 2.05) is 4.90 Å². The molecule has 2 amide bonds. The van der Waals surface area contributed by atoms with Crippen LogP contribution in [0, 0.1) is 21.7 Å². The molecule has 2 aromatic carbocycles. The zero-order valence-corrected chi connectivity index (χ0v) is 17.1. The van der Waals surface area contributed by atoms with E-state index in [0.717, 1.165) is 12.1 Å². The summed E-state index contributed by atoms with van der Waals surface area (Å²) in [6.45, 7) is 4.88. The molecule has 1 atom stereocenters. The van der Waals surface area contributed by atoms with Gasteiger partial charge in [-0.1, -0.05) is 6.07 Å². The predicted molar refractivity (Wildman–Crippen MR) is 110 cm³/mol. The van der Waals surface area contributed by atoms with Crippen LogP contribution in [0.15, 0.2) is 36.4 Å². The minimum Gasteiger partial charge on any atom is -0.362 e. The van der Waals surface area contributed by atoms with Gasteiger partial charge >= 0.3 is 0 Å². The summed E-state index contributed by atoms with van der Waals surface area (Å²) in [6.07, 6.45) is 0. The molecular weight excluding hydrogens is 410 g/mol. The number of nitrogens with one attached hydrogen (secondary N) is 1. The third kappa shape index (κ3) is 4.96. The molecule has 3 rings (SSSR count). The molecule has 1 heterocycles. The van der Waals surface area contributed by atoms with Gasteiger partial charge in [-0.15, -0.1) is 0 Å². The summed E-state index contributed by atoms with van der Waals surface area (Å²) in [7, 11) is 0. The number of nitro groups is 1. The molecule has 0 aromatic heterocycles. The lowest BCUT2D eigenvalue weighted by molar-refractivity contribution is -0.384. The van der Waals surface area contributed by atoms with Gasteiger partial charge in [0.15, 0.2) is 11.6 Å². The highest BCUT2D eigenvalue weighted by Gasteiger charge is 2.26. The number of anilines is 1. The largest absolute Gasteiger partial charge is 0.362 e. The Bertz CT molecular complexity index is 1020. The molecular formula is C21H22F2N4O4. The molecule has 0 unspecified atom stereocenters. The van der Waals surface area contributed by atoms with Crippen molar-refractivity contribution >= 4 is 23.2 Å². The van der Waals surface area contributed by atoms with Gasteiger partial charge in [0.1, 0.15) is 5.69 Å². The molecule has 2 aromatic rings. The molecule has 8 nitrogen and oxygen atoms in total. The molecule has 0 bridgehead atoms. The Labute approximate surface area is 177 Å². The van der Waals surface area contributed by atoms with E-state index in [2.05, 4.69) is 5.32 Å².